The van der Waals surface area contributed by atoms with Crippen LogP contribution in [0.15, 0.2) is 46.3 Å². The van der Waals surface area contributed by atoms with Crippen LogP contribution in [-0.2, 0) is 16.1 Å². The summed E-state index contributed by atoms with van der Waals surface area (Å²) in [4.78, 5) is 11.3. The predicted octanol–water partition coefficient (Wildman–Crippen LogP) is 2.20. The van der Waals surface area contributed by atoms with Gasteiger partial charge in [-0.3, -0.25) is 4.79 Å². The molecule has 19 heavy (non-hydrogen) atoms. The van der Waals surface area contributed by atoms with E-state index < -0.39 is 0 Å². The van der Waals surface area contributed by atoms with E-state index in [1.807, 2.05) is 24.3 Å². The van der Waals surface area contributed by atoms with E-state index in [0.29, 0.717) is 30.9 Å². The van der Waals surface area contributed by atoms with Gasteiger partial charge < -0.3 is 9.47 Å². The van der Waals surface area contributed by atoms with Gasteiger partial charge in [0.15, 0.2) is 0 Å². The molecule has 0 radical (unpaired) electrons. The second-order valence-electron chi connectivity index (χ2n) is 4.28. The van der Waals surface area contributed by atoms with Crippen molar-refractivity contribution in [2.75, 3.05) is 13.7 Å². The number of rotatable bonds is 6. The second-order valence-corrected chi connectivity index (χ2v) is 4.74. The highest BCUT2D eigenvalue weighted by atomic mass is 35.5. The third kappa shape index (κ3) is 3.72. The van der Waals surface area contributed by atoms with E-state index in [0.717, 1.165) is 23.2 Å². The SMILES string of the molecule is COc1ccc(COCC2=C(Cl)BC(C=O)=C2)cc1. The summed E-state index contributed by atoms with van der Waals surface area (Å²) < 4.78 is 10.7. The first-order valence-electron chi connectivity index (χ1n) is 5.97. The van der Waals surface area contributed by atoms with Crippen molar-refractivity contribution in [3.63, 3.8) is 0 Å². The first-order chi connectivity index (χ1) is 9.22. The molecular formula is C14H14BClO3. The Morgan fingerprint density at radius 1 is 1.26 bits per heavy atom. The number of benzene rings is 1. The van der Waals surface area contributed by atoms with Crippen LogP contribution < -0.4 is 4.74 Å². The number of carbonyl (C=O) groups excluding carboxylic acids is 1. The highest BCUT2D eigenvalue weighted by Gasteiger charge is 2.15. The molecule has 0 aliphatic carbocycles. The van der Waals surface area contributed by atoms with E-state index in [1.54, 1.807) is 13.2 Å². The summed E-state index contributed by atoms with van der Waals surface area (Å²) in [5.74, 6) is 0.823. The molecule has 0 unspecified atom stereocenters. The number of ether oxygens (including phenoxy) is 2. The number of methoxy groups -OCH3 is 1. The predicted molar refractivity (Wildman–Crippen MR) is 76.8 cm³/mol. The second kappa shape index (κ2) is 6.59. The van der Waals surface area contributed by atoms with Gasteiger partial charge in [-0.1, -0.05) is 29.8 Å². The van der Waals surface area contributed by atoms with Crippen LogP contribution >= 0.6 is 11.6 Å². The minimum atomic E-state index is 0.419. The minimum Gasteiger partial charge on any atom is -0.497 e. The molecule has 0 saturated heterocycles. The molecule has 1 aromatic rings. The molecule has 5 heteroatoms. The summed E-state index contributed by atoms with van der Waals surface area (Å²) in [5, 5.41) is 0. The Balaban J connectivity index is 1.85. The lowest BCUT2D eigenvalue weighted by molar-refractivity contribution is -0.104. The summed E-state index contributed by atoms with van der Waals surface area (Å²) in [5.41, 5.74) is 2.65. The van der Waals surface area contributed by atoms with Crippen molar-refractivity contribution < 1.29 is 14.3 Å². The third-order valence-corrected chi connectivity index (χ3v) is 3.28. The Morgan fingerprint density at radius 3 is 2.58 bits per heavy atom. The van der Waals surface area contributed by atoms with Crippen molar-refractivity contribution >= 4 is 25.2 Å². The molecule has 0 aromatic heterocycles. The topological polar surface area (TPSA) is 35.5 Å². The van der Waals surface area contributed by atoms with Gasteiger partial charge in [0.2, 0.25) is 7.28 Å². The van der Waals surface area contributed by atoms with E-state index in [2.05, 4.69) is 0 Å². The standard InChI is InChI=1S/C14H14BClO3/c1-18-13-4-2-10(3-5-13)8-19-9-11-6-12(7-17)15-14(11)16/h2-7,15H,8-9H2,1H3. The molecule has 3 nitrogen and oxygen atoms in total. The van der Waals surface area contributed by atoms with E-state index >= 15 is 0 Å². The largest absolute Gasteiger partial charge is 0.497 e. The zero-order chi connectivity index (χ0) is 13.7. The summed E-state index contributed by atoms with van der Waals surface area (Å²) in [6.45, 7) is 0.921. The summed E-state index contributed by atoms with van der Waals surface area (Å²) in [7, 11) is 2.16. The molecule has 2 rings (SSSR count). The maximum atomic E-state index is 10.6. The summed E-state index contributed by atoms with van der Waals surface area (Å²) in [6.07, 6.45) is 2.63. The Bertz CT molecular complexity index is 520. The average molecular weight is 277 g/mol. The minimum absolute atomic E-state index is 0.419. The lowest BCUT2D eigenvalue weighted by atomic mass is 9.73. The fraction of sp³-hybridized carbons (Fsp3) is 0.214. The summed E-state index contributed by atoms with van der Waals surface area (Å²) in [6, 6.07) is 7.70. The number of hydrogen-bond acceptors (Lipinski definition) is 3. The van der Waals surface area contributed by atoms with Gasteiger partial charge in [-0.2, -0.15) is 0 Å². The molecule has 0 saturated carbocycles. The molecule has 1 aliphatic heterocycles. The number of hydrogen-bond donors (Lipinski definition) is 0. The van der Waals surface area contributed by atoms with Crippen LogP contribution in [0, 0.1) is 0 Å². The highest BCUT2D eigenvalue weighted by molar-refractivity contribution is 6.73. The molecule has 0 amide bonds. The van der Waals surface area contributed by atoms with Crippen LogP contribution in [0.1, 0.15) is 5.56 Å². The molecular weight excluding hydrogens is 262 g/mol. The zero-order valence-corrected chi connectivity index (χ0v) is 11.4. The van der Waals surface area contributed by atoms with Crippen LogP contribution in [0.4, 0.5) is 0 Å². The van der Waals surface area contributed by atoms with E-state index in [-0.39, 0.29) is 0 Å². The maximum absolute atomic E-state index is 10.6. The van der Waals surface area contributed by atoms with Crippen LogP contribution in [0.25, 0.3) is 0 Å². The van der Waals surface area contributed by atoms with Crippen molar-refractivity contribution in [2.45, 2.75) is 6.61 Å². The van der Waals surface area contributed by atoms with Gasteiger partial charge in [-0.05, 0) is 33.7 Å². The highest BCUT2D eigenvalue weighted by Crippen LogP contribution is 2.21. The summed E-state index contributed by atoms with van der Waals surface area (Å²) >= 11 is 6.05. The Morgan fingerprint density at radius 2 is 2.00 bits per heavy atom. The van der Waals surface area contributed by atoms with E-state index in [4.69, 9.17) is 21.1 Å². The molecule has 98 valence electrons. The van der Waals surface area contributed by atoms with Crippen molar-refractivity contribution in [3.8, 4) is 5.75 Å². The molecule has 0 fully saturated rings. The monoisotopic (exact) mass is 276 g/mol. The van der Waals surface area contributed by atoms with Crippen molar-refractivity contribution in [2.24, 2.45) is 0 Å². The molecule has 1 aromatic carbocycles. The molecule has 0 N–H and O–H groups in total. The number of aldehydes is 1. The number of carbonyl (C=O) groups is 1. The van der Waals surface area contributed by atoms with Gasteiger partial charge >= 0.3 is 0 Å². The molecule has 1 aliphatic rings. The molecule has 0 atom stereocenters. The molecule has 0 bridgehead atoms. The number of halogens is 1. The van der Waals surface area contributed by atoms with Crippen molar-refractivity contribution in [1.82, 2.24) is 0 Å². The maximum Gasteiger partial charge on any atom is 0.211 e. The van der Waals surface area contributed by atoms with Gasteiger partial charge in [-0.15, -0.1) is 0 Å². The van der Waals surface area contributed by atoms with Crippen molar-refractivity contribution in [1.29, 1.82) is 0 Å². The smallest absolute Gasteiger partial charge is 0.211 e. The van der Waals surface area contributed by atoms with E-state index in [9.17, 15) is 4.79 Å². The van der Waals surface area contributed by atoms with Gasteiger partial charge in [0.05, 0.1) is 20.3 Å². The lowest BCUT2D eigenvalue weighted by Crippen LogP contribution is -1.98. The van der Waals surface area contributed by atoms with Gasteiger partial charge in [0.25, 0.3) is 0 Å². The Kier molecular flexibility index (Phi) is 4.83. The van der Waals surface area contributed by atoms with Crippen LogP contribution in [-0.4, -0.2) is 27.3 Å². The lowest BCUT2D eigenvalue weighted by Gasteiger charge is -2.06. The molecule has 0 spiro atoms. The first-order valence-corrected chi connectivity index (χ1v) is 6.34. The zero-order valence-electron chi connectivity index (χ0n) is 10.7. The quantitative estimate of drug-likeness (QED) is 0.590. The normalized spacial score (nSPS) is 14.1. The van der Waals surface area contributed by atoms with Gasteiger partial charge in [0.1, 0.15) is 12.0 Å². The van der Waals surface area contributed by atoms with Gasteiger partial charge in [0, 0.05) is 0 Å². The van der Waals surface area contributed by atoms with Crippen LogP contribution in [0.5, 0.6) is 5.75 Å². The third-order valence-electron chi connectivity index (χ3n) is 2.90. The fourth-order valence-electron chi connectivity index (χ4n) is 1.84. The molecule has 1 heterocycles. The Hall–Kier alpha value is -1.52. The van der Waals surface area contributed by atoms with Crippen LogP contribution in [0.2, 0.25) is 0 Å². The number of allylic oxidation sites excluding steroid dienone is 1. The van der Waals surface area contributed by atoms with Gasteiger partial charge in [-0.25, -0.2) is 0 Å². The van der Waals surface area contributed by atoms with E-state index in [1.165, 1.54) is 0 Å². The first kappa shape index (κ1) is 13.9. The Labute approximate surface area is 118 Å². The fourth-order valence-corrected chi connectivity index (χ4v) is 2.11. The van der Waals surface area contributed by atoms with Crippen molar-refractivity contribution in [3.05, 3.63) is 51.9 Å². The van der Waals surface area contributed by atoms with Crippen LogP contribution in [0.3, 0.4) is 0 Å². The average Bonchev–Trinajstić information content (AvgIpc) is 2.80.